The van der Waals surface area contributed by atoms with E-state index in [1.165, 1.54) is 6.07 Å². The van der Waals surface area contributed by atoms with Crippen molar-refractivity contribution >= 4 is 30.5 Å². The van der Waals surface area contributed by atoms with Gasteiger partial charge in [0.05, 0.1) is 5.69 Å². The van der Waals surface area contributed by atoms with Gasteiger partial charge >= 0.3 is 0 Å². The van der Waals surface area contributed by atoms with Crippen LogP contribution in [0.3, 0.4) is 0 Å². The van der Waals surface area contributed by atoms with Crippen molar-refractivity contribution in [2.45, 2.75) is 26.8 Å². The largest absolute Gasteiger partial charge is 0.505 e. The zero-order chi connectivity index (χ0) is 14.9. The molecule has 1 aromatic carbocycles. The van der Waals surface area contributed by atoms with E-state index in [1.807, 2.05) is 0 Å². The Morgan fingerprint density at radius 3 is 2.27 bits per heavy atom. The first-order valence-corrected chi connectivity index (χ1v) is 7.03. The van der Waals surface area contributed by atoms with Gasteiger partial charge in [-0.25, -0.2) is 4.39 Å². The van der Waals surface area contributed by atoms with Gasteiger partial charge in [0.15, 0.2) is 0 Å². The number of nitrogens with one attached hydrogen (secondary N) is 1. The fourth-order valence-electron chi connectivity index (χ4n) is 3.00. The lowest BCUT2D eigenvalue weighted by Gasteiger charge is -2.42. The summed E-state index contributed by atoms with van der Waals surface area (Å²) in [7, 11) is 0. The van der Waals surface area contributed by atoms with Crippen LogP contribution in [0, 0.1) is 11.2 Å². The van der Waals surface area contributed by atoms with E-state index in [9.17, 15) is 9.50 Å². The average molecular weight is 354 g/mol. The fraction of sp³-hybridized carbons (Fsp3) is 0.600. The Labute approximate surface area is 144 Å². The van der Waals surface area contributed by atoms with E-state index < -0.39 is 5.82 Å². The quantitative estimate of drug-likeness (QED) is 0.565. The number of benzene rings is 1. The molecule has 4 nitrogen and oxygen atoms in total. The van der Waals surface area contributed by atoms with Crippen LogP contribution in [0.1, 0.15) is 32.4 Å². The summed E-state index contributed by atoms with van der Waals surface area (Å²) in [5.74, 6) is -0.399. The molecule has 1 fully saturated rings. The van der Waals surface area contributed by atoms with Crippen LogP contribution in [0.2, 0.25) is 0 Å². The van der Waals surface area contributed by atoms with Gasteiger partial charge in [-0.05, 0) is 11.5 Å². The van der Waals surface area contributed by atoms with E-state index in [0.717, 1.165) is 32.2 Å². The number of phenols is 1. The summed E-state index contributed by atoms with van der Waals surface area (Å²) in [5, 5.41) is 13.6. The van der Waals surface area contributed by atoms with Crippen LogP contribution in [-0.2, 0) is 0 Å². The molecular formula is C15H26Cl2FN3O. The zero-order valence-corrected chi connectivity index (χ0v) is 14.9. The van der Waals surface area contributed by atoms with Crippen LogP contribution < -0.4 is 11.1 Å². The number of aromatic hydroxyl groups is 1. The summed E-state index contributed by atoms with van der Waals surface area (Å²) in [4.78, 5) is 2.28. The minimum absolute atomic E-state index is 0. The predicted octanol–water partition coefficient (Wildman–Crippen LogP) is 2.95. The lowest BCUT2D eigenvalue weighted by Crippen LogP contribution is -2.48. The Hall–Kier alpha value is -0.750. The summed E-state index contributed by atoms with van der Waals surface area (Å²) in [6, 6.07) is 2.50. The van der Waals surface area contributed by atoms with Crippen molar-refractivity contribution in [2.75, 3.05) is 31.9 Å². The number of hydrogen-bond acceptors (Lipinski definition) is 4. The Morgan fingerprint density at radius 2 is 1.77 bits per heavy atom. The number of rotatable bonds is 2. The van der Waals surface area contributed by atoms with Gasteiger partial charge in [0.25, 0.3) is 0 Å². The van der Waals surface area contributed by atoms with Crippen molar-refractivity contribution in [3.05, 3.63) is 23.5 Å². The molecule has 22 heavy (non-hydrogen) atoms. The van der Waals surface area contributed by atoms with Gasteiger partial charge in [-0.3, -0.25) is 4.90 Å². The van der Waals surface area contributed by atoms with Crippen LogP contribution in [0.25, 0.3) is 0 Å². The molecular weight excluding hydrogens is 328 g/mol. The summed E-state index contributed by atoms with van der Waals surface area (Å²) in [6.07, 6.45) is 0. The van der Waals surface area contributed by atoms with Crippen molar-refractivity contribution in [1.29, 1.82) is 0 Å². The van der Waals surface area contributed by atoms with Crippen molar-refractivity contribution in [2.24, 2.45) is 5.41 Å². The van der Waals surface area contributed by atoms with Crippen LogP contribution in [-0.4, -0.2) is 36.2 Å². The third-order valence-electron chi connectivity index (χ3n) is 3.77. The molecule has 0 radical (unpaired) electrons. The summed E-state index contributed by atoms with van der Waals surface area (Å²) >= 11 is 0. The third-order valence-corrected chi connectivity index (χ3v) is 3.77. The fourth-order valence-corrected chi connectivity index (χ4v) is 3.00. The highest BCUT2D eigenvalue weighted by Crippen LogP contribution is 2.43. The molecule has 0 saturated carbocycles. The van der Waals surface area contributed by atoms with E-state index >= 15 is 0 Å². The number of nitrogens with two attached hydrogens (primary N) is 1. The maximum Gasteiger partial charge on any atom is 0.143 e. The van der Waals surface area contributed by atoms with Gasteiger partial charge in [-0.2, -0.15) is 0 Å². The molecule has 128 valence electrons. The van der Waals surface area contributed by atoms with E-state index in [1.54, 1.807) is 0 Å². The zero-order valence-electron chi connectivity index (χ0n) is 13.2. The van der Waals surface area contributed by atoms with E-state index in [-0.39, 0.29) is 47.7 Å². The number of piperazine rings is 1. The minimum Gasteiger partial charge on any atom is -0.505 e. The van der Waals surface area contributed by atoms with Gasteiger partial charge < -0.3 is 16.2 Å². The average Bonchev–Trinajstić information content (AvgIpc) is 2.35. The van der Waals surface area contributed by atoms with Crippen LogP contribution in [0.5, 0.6) is 5.75 Å². The standard InChI is InChI=1S/C15H24FN3O.2ClH/c1-15(2,3)14(19-6-4-18-5-7-19)11-8-10(16)9-12(17)13(11)20;;/h8-9,14,18,20H,4-7,17H2,1-3H3;2*1H/t14-;;/m1../s1. The molecule has 1 atom stereocenters. The summed E-state index contributed by atoms with van der Waals surface area (Å²) in [6.45, 7) is 9.84. The van der Waals surface area contributed by atoms with Crippen molar-refractivity contribution < 1.29 is 9.50 Å². The smallest absolute Gasteiger partial charge is 0.143 e. The summed E-state index contributed by atoms with van der Waals surface area (Å²) in [5.41, 5.74) is 6.26. The molecule has 7 heteroatoms. The lowest BCUT2D eigenvalue weighted by atomic mass is 9.80. The molecule has 0 aromatic heterocycles. The first kappa shape index (κ1) is 21.2. The normalized spacial score (nSPS) is 17.3. The monoisotopic (exact) mass is 353 g/mol. The highest BCUT2D eigenvalue weighted by molar-refractivity contribution is 5.85. The minimum atomic E-state index is -0.403. The number of nitrogens with zero attached hydrogens (tertiary/aromatic N) is 1. The first-order valence-electron chi connectivity index (χ1n) is 7.03. The predicted molar refractivity (Wildman–Crippen MR) is 93.6 cm³/mol. The van der Waals surface area contributed by atoms with E-state index in [4.69, 9.17) is 5.73 Å². The Bertz CT molecular complexity index is 488. The van der Waals surface area contributed by atoms with Crippen LogP contribution in [0.15, 0.2) is 12.1 Å². The molecule has 0 aliphatic carbocycles. The topological polar surface area (TPSA) is 61.5 Å². The Morgan fingerprint density at radius 1 is 1.23 bits per heavy atom. The van der Waals surface area contributed by atoms with Crippen LogP contribution in [0.4, 0.5) is 10.1 Å². The molecule has 0 bridgehead atoms. The van der Waals surface area contributed by atoms with Crippen molar-refractivity contribution in [3.63, 3.8) is 0 Å². The second-order valence-corrected chi connectivity index (χ2v) is 6.49. The van der Waals surface area contributed by atoms with Gasteiger partial charge in [0, 0.05) is 43.9 Å². The van der Waals surface area contributed by atoms with Crippen molar-refractivity contribution in [3.8, 4) is 5.75 Å². The maximum absolute atomic E-state index is 13.7. The number of nitrogen functional groups attached to an aromatic ring is 1. The number of hydrogen-bond donors (Lipinski definition) is 3. The summed E-state index contributed by atoms with van der Waals surface area (Å²) < 4.78 is 13.7. The molecule has 4 N–H and O–H groups in total. The van der Waals surface area contributed by atoms with Gasteiger partial charge in [0.2, 0.25) is 0 Å². The Balaban J connectivity index is 0.00000220. The molecule has 2 rings (SSSR count). The number of phenolic OH excluding ortho intramolecular Hbond substituents is 1. The molecule has 1 aromatic rings. The van der Waals surface area contributed by atoms with Gasteiger partial charge in [-0.1, -0.05) is 20.8 Å². The van der Waals surface area contributed by atoms with Gasteiger partial charge in [-0.15, -0.1) is 24.8 Å². The maximum atomic E-state index is 13.7. The SMILES string of the molecule is CC(C)(C)[C@@H](c1cc(F)cc(N)c1O)N1CCNCC1.Cl.Cl. The highest BCUT2D eigenvalue weighted by atomic mass is 35.5. The molecule has 1 aliphatic rings. The Kier molecular flexibility index (Phi) is 7.92. The van der Waals surface area contributed by atoms with Gasteiger partial charge in [0.1, 0.15) is 11.6 Å². The molecule has 1 saturated heterocycles. The van der Waals surface area contributed by atoms with Crippen molar-refractivity contribution in [1.82, 2.24) is 10.2 Å². The second kappa shape index (κ2) is 8.20. The number of anilines is 1. The molecule has 1 heterocycles. The first-order chi connectivity index (χ1) is 9.30. The third kappa shape index (κ3) is 4.62. The molecule has 0 amide bonds. The molecule has 0 unspecified atom stereocenters. The van der Waals surface area contributed by atoms with Crippen LogP contribution >= 0.6 is 24.8 Å². The number of halogens is 3. The van der Waals surface area contributed by atoms with E-state index in [2.05, 4.69) is 31.0 Å². The molecule has 0 spiro atoms. The second-order valence-electron chi connectivity index (χ2n) is 6.49. The lowest BCUT2D eigenvalue weighted by molar-refractivity contribution is 0.0841. The molecule has 1 aliphatic heterocycles. The van der Waals surface area contributed by atoms with E-state index in [0.29, 0.717) is 5.56 Å². The highest BCUT2D eigenvalue weighted by Gasteiger charge is 2.35.